The standard InChI is InChI=1S/C13H13ClF3NO2.ClH/c1-12(2)6-20-11(19)18-10(12)9-7(13(15,16)17)4-3-5-8(9)14;/h3-5,10H,6H2,1-2H3,(H,18,19);1H/t10-;/m0./s1. The molecule has 0 saturated carbocycles. The third-order valence-electron chi connectivity index (χ3n) is 3.27. The zero-order chi connectivity index (χ0) is 15.1. The molecule has 1 aliphatic rings. The highest BCUT2D eigenvalue weighted by atomic mass is 35.5. The van der Waals surface area contributed by atoms with Gasteiger partial charge >= 0.3 is 12.3 Å². The summed E-state index contributed by atoms with van der Waals surface area (Å²) in [5.41, 5.74) is -1.67. The Hall–Kier alpha value is -1.14. The lowest BCUT2D eigenvalue weighted by Crippen LogP contribution is -2.47. The Bertz CT molecular complexity index is 547. The molecule has 0 aromatic heterocycles. The Morgan fingerprint density at radius 3 is 2.57 bits per heavy atom. The van der Waals surface area contributed by atoms with Crippen LogP contribution in [-0.4, -0.2) is 12.7 Å². The van der Waals surface area contributed by atoms with E-state index in [4.69, 9.17) is 16.3 Å². The van der Waals surface area contributed by atoms with E-state index in [1.54, 1.807) is 13.8 Å². The van der Waals surface area contributed by atoms with Gasteiger partial charge in [-0.15, -0.1) is 12.4 Å². The molecule has 1 aliphatic heterocycles. The van der Waals surface area contributed by atoms with Crippen LogP contribution in [0, 0.1) is 5.41 Å². The molecule has 1 heterocycles. The van der Waals surface area contributed by atoms with Crippen molar-refractivity contribution < 1.29 is 22.7 Å². The monoisotopic (exact) mass is 343 g/mol. The fourth-order valence-corrected chi connectivity index (χ4v) is 2.51. The smallest absolute Gasteiger partial charge is 0.416 e. The maximum atomic E-state index is 13.1. The van der Waals surface area contributed by atoms with E-state index < -0.39 is 29.3 Å². The first-order valence-electron chi connectivity index (χ1n) is 5.92. The first kappa shape index (κ1) is 17.9. The average molecular weight is 344 g/mol. The van der Waals surface area contributed by atoms with Crippen molar-refractivity contribution in [3.05, 3.63) is 34.3 Å². The van der Waals surface area contributed by atoms with Gasteiger partial charge in [-0.1, -0.05) is 31.5 Å². The first-order chi connectivity index (χ1) is 9.13. The number of benzene rings is 1. The number of alkyl halides is 3. The molecule has 118 valence electrons. The molecule has 0 aliphatic carbocycles. The zero-order valence-electron chi connectivity index (χ0n) is 11.3. The highest BCUT2D eigenvalue weighted by Crippen LogP contribution is 2.45. The van der Waals surface area contributed by atoms with Crippen LogP contribution < -0.4 is 5.32 Å². The van der Waals surface area contributed by atoms with Crippen LogP contribution in [0.3, 0.4) is 0 Å². The summed E-state index contributed by atoms with van der Waals surface area (Å²) in [4.78, 5) is 11.3. The molecular weight excluding hydrogens is 330 g/mol. The largest absolute Gasteiger partial charge is 0.449 e. The maximum Gasteiger partial charge on any atom is 0.416 e. The molecular formula is C13H14Cl2F3NO2. The molecule has 1 amide bonds. The molecule has 1 atom stereocenters. The minimum atomic E-state index is -4.54. The van der Waals surface area contributed by atoms with Crippen LogP contribution >= 0.6 is 24.0 Å². The van der Waals surface area contributed by atoms with Crippen LogP contribution in [0.4, 0.5) is 18.0 Å². The summed E-state index contributed by atoms with van der Waals surface area (Å²) in [6.45, 7) is 3.44. The van der Waals surface area contributed by atoms with Crippen molar-refractivity contribution in [1.82, 2.24) is 5.32 Å². The predicted molar refractivity (Wildman–Crippen MR) is 74.7 cm³/mol. The van der Waals surface area contributed by atoms with Gasteiger partial charge in [0, 0.05) is 16.0 Å². The lowest BCUT2D eigenvalue weighted by molar-refractivity contribution is -0.139. The Morgan fingerprint density at radius 1 is 1.38 bits per heavy atom. The summed E-state index contributed by atoms with van der Waals surface area (Å²) >= 11 is 5.95. The summed E-state index contributed by atoms with van der Waals surface area (Å²) < 4.78 is 44.2. The minimum absolute atomic E-state index is 0. The summed E-state index contributed by atoms with van der Waals surface area (Å²) in [7, 11) is 0. The third kappa shape index (κ3) is 3.55. The molecule has 1 N–H and O–H groups in total. The van der Waals surface area contributed by atoms with Gasteiger partial charge in [0.2, 0.25) is 0 Å². The van der Waals surface area contributed by atoms with Crippen molar-refractivity contribution >= 4 is 30.1 Å². The lowest BCUT2D eigenvalue weighted by Gasteiger charge is -2.39. The molecule has 1 aromatic rings. The van der Waals surface area contributed by atoms with Crippen LogP contribution in [0.1, 0.15) is 31.0 Å². The molecule has 0 unspecified atom stereocenters. The van der Waals surface area contributed by atoms with E-state index >= 15 is 0 Å². The van der Waals surface area contributed by atoms with E-state index in [1.165, 1.54) is 12.1 Å². The molecule has 0 bridgehead atoms. The van der Waals surface area contributed by atoms with Gasteiger partial charge in [-0.2, -0.15) is 13.2 Å². The molecule has 3 nitrogen and oxygen atoms in total. The minimum Gasteiger partial charge on any atom is -0.449 e. The number of carbonyl (C=O) groups excluding carboxylic acids is 1. The van der Waals surface area contributed by atoms with Crippen molar-refractivity contribution in [2.75, 3.05) is 6.61 Å². The number of carbonyl (C=O) groups is 1. The Balaban J connectivity index is 0.00000220. The van der Waals surface area contributed by atoms with Gasteiger partial charge in [-0.3, -0.25) is 0 Å². The molecule has 1 saturated heterocycles. The summed E-state index contributed by atoms with van der Waals surface area (Å²) in [6, 6.07) is 2.71. The number of nitrogens with one attached hydrogen (secondary N) is 1. The number of halogens is 5. The van der Waals surface area contributed by atoms with Crippen molar-refractivity contribution in [2.45, 2.75) is 26.1 Å². The number of rotatable bonds is 1. The number of hydrogen-bond donors (Lipinski definition) is 1. The normalized spacial score (nSPS) is 21.0. The molecule has 1 aromatic carbocycles. The Kier molecular flexibility index (Phi) is 5.05. The van der Waals surface area contributed by atoms with E-state index in [0.29, 0.717) is 0 Å². The summed E-state index contributed by atoms with van der Waals surface area (Å²) in [6.07, 6.45) is -5.29. The van der Waals surface area contributed by atoms with Crippen LogP contribution in [-0.2, 0) is 10.9 Å². The van der Waals surface area contributed by atoms with E-state index in [0.717, 1.165) is 6.07 Å². The van der Waals surface area contributed by atoms with Gasteiger partial charge in [0.15, 0.2) is 0 Å². The van der Waals surface area contributed by atoms with E-state index in [9.17, 15) is 18.0 Å². The van der Waals surface area contributed by atoms with Gasteiger partial charge in [0.05, 0.1) is 11.6 Å². The van der Waals surface area contributed by atoms with Gasteiger partial charge in [-0.05, 0) is 12.1 Å². The van der Waals surface area contributed by atoms with Crippen molar-refractivity contribution in [1.29, 1.82) is 0 Å². The van der Waals surface area contributed by atoms with E-state index in [1.807, 2.05) is 0 Å². The molecule has 21 heavy (non-hydrogen) atoms. The number of amides is 1. The highest BCUT2D eigenvalue weighted by Gasteiger charge is 2.44. The predicted octanol–water partition coefficient (Wildman–Crippen LogP) is 4.59. The van der Waals surface area contributed by atoms with Gasteiger partial charge in [0.1, 0.15) is 6.61 Å². The van der Waals surface area contributed by atoms with E-state index in [-0.39, 0.29) is 29.6 Å². The van der Waals surface area contributed by atoms with Crippen LogP contribution in [0.15, 0.2) is 18.2 Å². The van der Waals surface area contributed by atoms with Gasteiger partial charge in [-0.25, -0.2) is 4.79 Å². The second-order valence-corrected chi connectivity index (χ2v) is 5.75. The van der Waals surface area contributed by atoms with Crippen LogP contribution in [0.25, 0.3) is 0 Å². The van der Waals surface area contributed by atoms with Crippen LogP contribution in [0.2, 0.25) is 5.02 Å². The Morgan fingerprint density at radius 2 is 2.00 bits per heavy atom. The topological polar surface area (TPSA) is 38.3 Å². The fourth-order valence-electron chi connectivity index (χ4n) is 2.23. The number of alkyl carbamates (subject to hydrolysis) is 1. The lowest BCUT2D eigenvalue weighted by atomic mass is 9.78. The summed E-state index contributed by atoms with van der Waals surface area (Å²) in [5, 5.41) is 2.40. The van der Waals surface area contributed by atoms with Gasteiger partial charge in [0.25, 0.3) is 0 Å². The average Bonchev–Trinajstić information content (AvgIpc) is 2.31. The molecule has 0 radical (unpaired) electrons. The first-order valence-corrected chi connectivity index (χ1v) is 6.29. The van der Waals surface area contributed by atoms with Gasteiger partial charge < -0.3 is 10.1 Å². The second-order valence-electron chi connectivity index (χ2n) is 5.34. The van der Waals surface area contributed by atoms with Crippen molar-refractivity contribution in [3.8, 4) is 0 Å². The maximum absolute atomic E-state index is 13.1. The number of cyclic esters (lactones) is 1. The molecule has 8 heteroatoms. The Labute approximate surface area is 131 Å². The third-order valence-corrected chi connectivity index (χ3v) is 3.60. The molecule has 2 rings (SSSR count). The molecule has 1 fully saturated rings. The van der Waals surface area contributed by atoms with Crippen molar-refractivity contribution in [2.24, 2.45) is 5.41 Å². The number of ether oxygens (including phenoxy) is 1. The highest BCUT2D eigenvalue weighted by molar-refractivity contribution is 6.31. The quantitative estimate of drug-likeness (QED) is 0.809. The molecule has 0 spiro atoms. The summed E-state index contributed by atoms with van der Waals surface area (Å²) in [5.74, 6) is 0. The fraction of sp³-hybridized carbons (Fsp3) is 0.462. The van der Waals surface area contributed by atoms with Crippen molar-refractivity contribution in [3.63, 3.8) is 0 Å². The van der Waals surface area contributed by atoms with Crippen LogP contribution in [0.5, 0.6) is 0 Å². The second kappa shape index (κ2) is 5.93. The SMILES string of the molecule is CC1(C)COC(=O)N[C@H]1c1c(Cl)cccc1C(F)(F)F.Cl. The zero-order valence-corrected chi connectivity index (χ0v) is 12.8. The number of hydrogen-bond acceptors (Lipinski definition) is 2. The van der Waals surface area contributed by atoms with E-state index in [2.05, 4.69) is 5.32 Å².